The van der Waals surface area contributed by atoms with Gasteiger partial charge in [-0.15, -0.1) is 5.92 Å². The Hall–Kier alpha value is -5.19. The number of allylic oxidation sites excluding steroid dienone is 3. The number of phenols is 2. The van der Waals surface area contributed by atoms with E-state index in [1.165, 1.54) is 19.8 Å². The predicted octanol–water partition coefficient (Wildman–Crippen LogP) is 9.95. The minimum Gasteiger partial charge on any atom is -0.508 e. The highest BCUT2D eigenvalue weighted by Crippen LogP contribution is 2.64. The maximum atomic E-state index is 13.2. The number of carbonyl (C=O) groups excluding carboxylic acids is 1. The Morgan fingerprint density at radius 2 is 1.89 bits per heavy atom. The van der Waals surface area contributed by atoms with Gasteiger partial charge in [-0.3, -0.25) is 4.79 Å². The summed E-state index contributed by atoms with van der Waals surface area (Å²) in [6, 6.07) is 8.20. The smallest absolute Gasteiger partial charge is 0.302 e. The molecule has 0 amide bonds. The number of hydrogen-bond acceptors (Lipinski definition) is 14. The SMILES string of the molecule is CCC1=CC2=C(C#CC3C#CCC(COC)CCNCc4c(O)c5c(c(c43)C3Oc4c(ccc6c4C4(CCC(C2)C4)Cc2cc(O)cc(OC)c2-6)C3COC(C)=O)C=CC2NC3CCCC(CSSCC2O5)C3)NC1N. The summed E-state index contributed by atoms with van der Waals surface area (Å²) >= 11 is 0. The molecule has 1 saturated heterocycles. The van der Waals surface area contributed by atoms with E-state index in [9.17, 15) is 15.0 Å². The molecule has 0 radical (unpaired) electrons. The molecule has 12 rings (SSSR count). The average Bonchev–Trinajstić information content (AvgIpc) is 4.10. The van der Waals surface area contributed by atoms with E-state index in [1.54, 1.807) is 20.3 Å². The number of fused-ring (bicyclic) bond motifs is 10. The number of carbonyl (C=O) groups is 1. The van der Waals surface area contributed by atoms with E-state index in [1.807, 2.05) is 27.7 Å². The molecule has 3 aromatic carbocycles. The summed E-state index contributed by atoms with van der Waals surface area (Å²) in [5.41, 5.74) is 17.7. The number of methoxy groups -OCH3 is 2. The molecule has 12 nitrogen and oxygen atoms in total. The van der Waals surface area contributed by atoms with Crippen LogP contribution < -0.4 is 35.9 Å². The maximum absolute atomic E-state index is 13.2. The summed E-state index contributed by atoms with van der Waals surface area (Å²) in [5, 5.41) is 35.9. The van der Waals surface area contributed by atoms with Crippen molar-refractivity contribution in [1.29, 1.82) is 0 Å². The summed E-state index contributed by atoms with van der Waals surface area (Å²) < 4.78 is 33.3. The second-order valence-electron chi connectivity index (χ2n) is 22.8. The molecule has 2 saturated carbocycles. The van der Waals surface area contributed by atoms with Crippen LogP contribution in [0.5, 0.6) is 28.7 Å². The van der Waals surface area contributed by atoms with Crippen LogP contribution in [0, 0.1) is 41.4 Å². The van der Waals surface area contributed by atoms with Gasteiger partial charge in [0.1, 0.15) is 42.0 Å². The molecule has 6 heterocycles. The normalized spacial score (nSPS) is 30.9. The van der Waals surface area contributed by atoms with Crippen molar-refractivity contribution in [2.24, 2.45) is 23.5 Å². The van der Waals surface area contributed by atoms with Gasteiger partial charge in [-0.25, -0.2) is 0 Å². The number of nitrogens with one attached hydrogen (secondary N) is 3. The first-order chi connectivity index (χ1) is 37.0. The van der Waals surface area contributed by atoms with Crippen molar-refractivity contribution >= 4 is 33.6 Å². The van der Waals surface area contributed by atoms with Gasteiger partial charge in [-0.1, -0.05) is 77.1 Å². The number of dihydropyridines is 1. The fourth-order valence-electron chi connectivity index (χ4n) is 14.4. The highest BCUT2D eigenvalue weighted by atomic mass is 33.1. The lowest BCUT2D eigenvalue weighted by atomic mass is 9.65. The minimum atomic E-state index is -0.739. The summed E-state index contributed by atoms with van der Waals surface area (Å²) in [7, 11) is 7.20. The summed E-state index contributed by atoms with van der Waals surface area (Å²) in [6.07, 6.45) is 16.4. The van der Waals surface area contributed by atoms with E-state index in [-0.39, 0.29) is 53.5 Å². The van der Waals surface area contributed by atoms with Crippen molar-refractivity contribution in [1.82, 2.24) is 16.0 Å². The fraction of sp³-hybridized carbons (Fsp3) is 0.532. The van der Waals surface area contributed by atoms with E-state index >= 15 is 0 Å². The Balaban J connectivity index is 1.15. The van der Waals surface area contributed by atoms with Crippen LogP contribution in [-0.4, -0.2) is 86.0 Å². The molecule has 3 aliphatic carbocycles. The van der Waals surface area contributed by atoms with Gasteiger partial charge in [0.15, 0.2) is 11.5 Å². The molecule has 11 atom stereocenters. The number of ether oxygens (including phenoxy) is 5. The van der Waals surface area contributed by atoms with Crippen LogP contribution in [-0.2, 0) is 32.6 Å². The van der Waals surface area contributed by atoms with Crippen LogP contribution in [0.25, 0.3) is 17.2 Å². The zero-order valence-electron chi connectivity index (χ0n) is 44.3. The van der Waals surface area contributed by atoms with Crippen molar-refractivity contribution in [3.05, 3.63) is 92.2 Å². The van der Waals surface area contributed by atoms with E-state index in [4.69, 9.17) is 29.4 Å². The fourth-order valence-corrected chi connectivity index (χ4v) is 17.1. The molecule has 0 aromatic heterocycles. The number of esters is 1. The van der Waals surface area contributed by atoms with Crippen molar-refractivity contribution < 1.29 is 38.7 Å². The molecular formula is C62H72N4O8S2. The van der Waals surface area contributed by atoms with Gasteiger partial charge < -0.3 is 55.6 Å². The van der Waals surface area contributed by atoms with Crippen LogP contribution in [0.1, 0.15) is 141 Å². The molecule has 3 fully saturated rings. The lowest BCUT2D eigenvalue weighted by Crippen LogP contribution is -2.49. The first-order valence-electron chi connectivity index (χ1n) is 27.8. The maximum Gasteiger partial charge on any atom is 0.302 e. The number of nitrogens with two attached hydrogens (primary N) is 1. The second-order valence-corrected chi connectivity index (χ2v) is 25.4. The Morgan fingerprint density at radius 1 is 1.01 bits per heavy atom. The van der Waals surface area contributed by atoms with Gasteiger partial charge in [0.05, 0.1) is 30.9 Å². The van der Waals surface area contributed by atoms with E-state index in [0.717, 1.165) is 130 Å². The van der Waals surface area contributed by atoms with Gasteiger partial charge in [0, 0.05) is 96.0 Å². The van der Waals surface area contributed by atoms with E-state index < -0.39 is 24.1 Å². The van der Waals surface area contributed by atoms with Crippen LogP contribution >= 0.6 is 21.6 Å². The lowest BCUT2D eigenvalue weighted by molar-refractivity contribution is -0.141. The van der Waals surface area contributed by atoms with Gasteiger partial charge in [0.2, 0.25) is 0 Å². The van der Waals surface area contributed by atoms with Gasteiger partial charge >= 0.3 is 5.97 Å². The molecule has 3 aromatic rings. The highest BCUT2D eigenvalue weighted by Gasteiger charge is 2.52. The quantitative estimate of drug-likeness (QED) is 0.0785. The molecule has 6 aliphatic heterocycles. The summed E-state index contributed by atoms with van der Waals surface area (Å²) in [5.74, 6) is 18.2. The van der Waals surface area contributed by atoms with Crippen molar-refractivity contribution in [3.8, 4) is 63.6 Å². The summed E-state index contributed by atoms with van der Waals surface area (Å²) in [6.45, 7) is 5.22. The molecule has 400 valence electrons. The largest absolute Gasteiger partial charge is 0.508 e. The number of aromatic hydroxyl groups is 2. The summed E-state index contributed by atoms with van der Waals surface area (Å²) in [4.78, 5) is 13.1. The Kier molecular flexibility index (Phi) is 14.6. The van der Waals surface area contributed by atoms with Crippen molar-refractivity contribution in [2.45, 2.75) is 145 Å². The Labute approximate surface area is 455 Å². The minimum absolute atomic E-state index is 0.0524. The van der Waals surface area contributed by atoms with Crippen LogP contribution in [0.15, 0.2) is 53.3 Å². The van der Waals surface area contributed by atoms with E-state index in [2.05, 4.69) is 76.9 Å². The third-order valence-electron chi connectivity index (χ3n) is 18.0. The molecule has 1 spiro atoms. The Bertz CT molecular complexity index is 3040. The second kappa shape index (κ2) is 21.6. The van der Waals surface area contributed by atoms with Crippen LogP contribution in [0.2, 0.25) is 0 Å². The number of hydrogen-bond donors (Lipinski definition) is 6. The van der Waals surface area contributed by atoms with Gasteiger partial charge in [0.25, 0.3) is 0 Å². The zero-order valence-corrected chi connectivity index (χ0v) is 45.9. The standard InChI is InChI=1S/C62H72N4O8S2/c1-5-38-24-40-22-36-18-20-62(27-36)28-41-25-43(68)26-51(71-4)53(41)45-14-13-44-48(31-72-34(2)67)58(74-59(44)56(45)62)55-46-15-17-50-52(33-76-75-32-37-9-7-11-42(23-37)65-50)73-60(46)57(69)47-29-64-21-19-35(30-70-3)8-6-10-39(54(47)55)12-16-49(40)66-61(38)63/h13-15,17,24-26,35-37,39,42,48,50,52,58,61,64-66,68-69H,5,7-9,11,18-23,27-33,63H2,1-4H3. The number of phenolic OH excluding ortho intramolecular Hbond substituents is 2. The molecule has 9 aliphatic rings. The first kappa shape index (κ1) is 51.6. The van der Waals surface area contributed by atoms with Gasteiger partial charge in [-0.05, 0) is 128 Å². The predicted molar refractivity (Wildman–Crippen MR) is 300 cm³/mol. The third-order valence-corrected chi connectivity index (χ3v) is 20.6. The molecule has 76 heavy (non-hydrogen) atoms. The third kappa shape index (κ3) is 9.57. The first-order valence-corrected chi connectivity index (χ1v) is 30.3. The van der Waals surface area contributed by atoms with Crippen molar-refractivity contribution in [2.75, 3.05) is 45.5 Å². The van der Waals surface area contributed by atoms with Crippen molar-refractivity contribution in [3.63, 3.8) is 0 Å². The molecule has 6 bridgehead atoms. The molecule has 14 heteroatoms. The molecular weight excluding hydrogens is 993 g/mol. The van der Waals surface area contributed by atoms with Crippen LogP contribution in [0.4, 0.5) is 0 Å². The molecule has 11 unspecified atom stereocenters. The van der Waals surface area contributed by atoms with Gasteiger partial charge in [-0.2, -0.15) is 0 Å². The number of rotatable bonds is 6. The lowest BCUT2D eigenvalue weighted by Gasteiger charge is -2.39. The number of benzene rings is 3. The highest BCUT2D eigenvalue weighted by molar-refractivity contribution is 8.76. The zero-order chi connectivity index (χ0) is 52.2. The van der Waals surface area contributed by atoms with E-state index in [0.29, 0.717) is 61.6 Å². The Morgan fingerprint density at radius 3 is 2.74 bits per heavy atom. The average molecular weight is 1070 g/mol. The topological polar surface area (TPSA) is 166 Å². The molecule has 7 N–H and O–H groups in total. The monoisotopic (exact) mass is 1060 g/mol. The van der Waals surface area contributed by atoms with Crippen LogP contribution in [0.3, 0.4) is 0 Å².